The zero-order valence-electron chi connectivity index (χ0n) is 15.0. The van der Waals surface area contributed by atoms with Crippen LogP contribution < -0.4 is 14.3 Å². The Morgan fingerprint density at radius 2 is 2.04 bits per heavy atom. The molecule has 0 spiro atoms. The first-order valence-electron chi connectivity index (χ1n) is 8.09. The number of nitrogens with zero attached hydrogens (tertiary/aromatic N) is 2. The lowest BCUT2D eigenvalue weighted by molar-refractivity contribution is 0.0994. The van der Waals surface area contributed by atoms with Crippen LogP contribution in [0.15, 0.2) is 54.0 Å². The van der Waals surface area contributed by atoms with Gasteiger partial charge in [-0.3, -0.25) is 4.79 Å². The molecule has 1 heterocycles. The van der Waals surface area contributed by atoms with Crippen LogP contribution in [0.25, 0.3) is 10.2 Å². The van der Waals surface area contributed by atoms with E-state index in [4.69, 9.17) is 9.47 Å². The van der Waals surface area contributed by atoms with Crippen LogP contribution in [0.2, 0.25) is 0 Å². The monoisotopic (exact) mass is 368 g/mol. The summed E-state index contributed by atoms with van der Waals surface area (Å²) in [6, 6.07) is 11.3. The molecule has 0 fully saturated rings. The molecule has 0 aliphatic rings. The Bertz CT molecular complexity index is 1050. The number of hydrogen-bond acceptors (Lipinski definition) is 4. The fourth-order valence-electron chi connectivity index (χ4n) is 2.70. The zero-order valence-corrected chi connectivity index (χ0v) is 15.8. The summed E-state index contributed by atoms with van der Waals surface area (Å²) >= 11 is 1.48. The molecule has 0 aliphatic carbocycles. The van der Waals surface area contributed by atoms with Gasteiger partial charge in [0.15, 0.2) is 4.80 Å². The highest BCUT2D eigenvalue weighted by Crippen LogP contribution is 2.25. The van der Waals surface area contributed by atoms with Gasteiger partial charge in [0.05, 0.1) is 30.0 Å². The standard InChI is InChI=1S/C20H20N2O3S/c1-5-10-22-16-8-6-13(2)11-18(16)26-20(22)21-19(23)15-12-14(24-3)7-9-17(15)25-4/h5-9,11-12H,1,10H2,2-4H3. The van der Waals surface area contributed by atoms with E-state index in [0.717, 1.165) is 15.8 Å². The van der Waals surface area contributed by atoms with Gasteiger partial charge >= 0.3 is 0 Å². The Hall–Kier alpha value is -2.86. The van der Waals surface area contributed by atoms with Crippen LogP contribution in [0.5, 0.6) is 11.5 Å². The summed E-state index contributed by atoms with van der Waals surface area (Å²) in [6.45, 7) is 6.42. The van der Waals surface area contributed by atoms with Gasteiger partial charge in [0, 0.05) is 6.54 Å². The highest BCUT2D eigenvalue weighted by atomic mass is 32.1. The molecular weight excluding hydrogens is 348 g/mol. The molecule has 3 rings (SSSR count). The quantitative estimate of drug-likeness (QED) is 0.641. The van der Waals surface area contributed by atoms with E-state index in [9.17, 15) is 4.79 Å². The number of benzene rings is 2. The van der Waals surface area contributed by atoms with Crippen molar-refractivity contribution in [2.75, 3.05) is 14.2 Å². The van der Waals surface area contributed by atoms with Gasteiger partial charge in [-0.25, -0.2) is 0 Å². The minimum absolute atomic E-state index is 0.366. The number of aromatic nitrogens is 1. The molecule has 0 unspecified atom stereocenters. The molecule has 0 radical (unpaired) electrons. The number of aryl methyl sites for hydroxylation is 1. The van der Waals surface area contributed by atoms with E-state index in [-0.39, 0.29) is 5.91 Å². The largest absolute Gasteiger partial charge is 0.497 e. The lowest BCUT2D eigenvalue weighted by Crippen LogP contribution is -2.16. The topological polar surface area (TPSA) is 52.8 Å². The van der Waals surface area contributed by atoms with E-state index in [1.165, 1.54) is 18.4 Å². The summed E-state index contributed by atoms with van der Waals surface area (Å²) in [6.07, 6.45) is 1.79. The van der Waals surface area contributed by atoms with Crippen molar-refractivity contribution in [3.8, 4) is 11.5 Å². The number of hydrogen-bond donors (Lipinski definition) is 0. The first kappa shape index (κ1) is 17.9. The lowest BCUT2D eigenvalue weighted by Gasteiger charge is -2.07. The molecular formula is C20H20N2O3S. The molecule has 0 N–H and O–H groups in total. The molecule has 0 aliphatic heterocycles. The number of methoxy groups -OCH3 is 2. The van der Waals surface area contributed by atoms with Gasteiger partial charge < -0.3 is 14.0 Å². The number of carbonyl (C=O) groups is 1. The second kappa shape index (κ2) is 7.58. The van der Waals surface area contributed by atoms with Crippen molar-refractivity contribution in [1.82, 2.24) is 4.57 Å². The third-order valence-electron chi connectivity index (χ3n) is 3.98. The van der Waals surface area contributed by atoms with Crippen LogP contribution in [-0.2, 0) is 6.54 Å². The van der Waals surface area contributed by atoms with Crippen molar-refractivity contribution in [1.29, 1.82) is 0 Å². The van der Waals surface area contributed by atoms with Gasteiger partial charge in [-0.1, -0.05) is 23.5 Å². The van der Waals surface area contributed by atoms with Crippen molar-refractivity contribution in [3.63, 3.8) is 0 Å². The highest BCUT2D eigenvalue weighted by molar-refractivity contribution is 7.16. The maximum Gasteiger partial charge on any atom is 0.283 e. The van der Waals surface area contributed by atoms with E-state index in [0.29, 0.717) is 28.4 Å². The number of amides is 1. The van der Waals surface area contributed by atoms with Gasteiger partial charge in [-0.05, 0) is 42.8 Å². The molecule has 0 saturated heterocycles. The molecule has 0 bridgehead atoms. The average molecular weight is 368 g/mol. The SMILES string of the molecule is C=CCn1c(=NC(=O)c2cc(OC)ccc2OC)sc2cc(C)ccc21. The number of rotatable bonds is 5. The fourth-order valence-corrected chi connectivity index (χ4v) is 3.84. The summed E-state index contributed by atoms with van der Waals surface area (Å²) in [5.74, 6) is 0.670. The molecule has 1 aromatic heterocycles. The van der Waals surface area contributed by atoms with Gasteiger partial charge in [-0.15, -0.1) is 6.58 Å². The van der Waals surface area contributed by atoms with Crippen molar-refractivity contribution in [2.45, 2.75) is 13.5 Å². The van der Waals surface area contributed by atoms with Crippen molar-refractivity contribution >= 4 is 27.5 Å². The van der Waals surface area contributed by atoms with Crippen LogP contribution in [0.1, 0.15) is 15.9 Å². The zero-order chi connectivity index (χ0) is 18.7. The van der Waals surface area contributed by atoms with Crippen molar-refractivity contribution in [3.05, 3.63) is 65.0 Å². The maximum atomic E-state index is 12.8. The van der Waals surface area contributed by atoms with E-state index < -0.39 is 0 Å². The summed E-state index contributed by atoms with van der Waals surface area (Å²) in [5.41, 5.74) is 2.56. The van der Waals surface area contributed by atoms with Gasteiger partial charge in [0.1, 0.15) is 11.5 Å². The molecule has 0 saturated carbocycles. The van der Waals surface area contributed by atoms with Crippen molar-refractivity contribution < 1.29 is 14.3 Å². The number of ether oxygens (including phenoxy) is 2. The van der Waals surface area contributed by atoms with Crippen LogP contribution >= 0.6 is 11.3 Å². The number of carbonyl (C=O) groups excluding carboxylic acids is 1. The Kier molecular flexibility index (Phi) is 5.23. The van der Waals surface area contributed by atoms with Crippen LogP contribution in [-0.4, -0.2) is 24.7 Å². The van der Waals surface area contributed by atoms with Gasteiger partial charge in [0.2, 0.25) is 0 Å². The van der Waals surface area contributed by atoms with Crippen LogP contribution in [0, 0.1) is 6.92 Å². The summed E-state index contributed by atoms with van der Waals surface area (Å²) in [4.78, 5) is 17.8. The van der Waals surface area contributed by atoms with E-state index in [1.54, 1.807) is 31.4 Å². The second-order valence-electron chi connectivity index (χ2n) is 5.74. The Morgan fingerprint density at radius 1 is 1.23 bits per heavy atom. The predicted octanol–water partition coefficient (Wildman–Crippen LogP) is 3.96. The first-order chi connectivity index (χ1) is 12.6. The number of fused-ring (bicyclic) bond motifs is 1. The normalized spacial score (nSPS) is 11.6. The smallest absolute Gasteiger partial charge is 0.283 e. The van der Waals surface area contributed by atoms with E-state index >= 15 is 0 Å². The van der Waals surface area contributed by atoms with Crippen molar-refractivity contribution in [2.24, 2.45) is 4.99 Å². The molecule has 6 heteroatoms. The average Bonchev–Trinajstić information content (AvgIpc) is 2.97. The Morgan fingerprint density at radius 3 is 2.73 bits per heavy atom. The fraction of sp³-hybridized carbons (Fsp3) is 0.200. The minimum Gasteiger partial charge on any atom is -0.497 e. The predicted molar refractivity (Wildman–Crippen MR) is 104 cm³/mol. The minimum atomic E-state index is -0.373. The van der Waals surface area contributed by atoms with Gasteiger partial charge in [0.25, 0.3) is 5.91 Å². The number of thiazole rings is 1. The molecule has 2 aromatic carbocycles. The maximum absolute atomic E-state index is 12.8. The van der Waals surface area contributed by atoms with E-state index in [2.05, 4.69) is 17.6 Å². The van der Waals surface area contributed by atoms with Crippen LogP contribution in [0.4, 0.5) is 0 Å². The first-order valence-corrected chi connectivity index (χ1v) is 8.91. The molecule has 0 atom stereocenters. The highest BCUT2D eigenvalue weighted by Gasteiger charge is 2.14. The summed E-state index contributed by atoms with van der Waals surface area (Å²) in [5, 5.41) is 0. The van der Waals surface area contributed by atoms with Gasteiger partial charge in [-0.2, -0.15) is 4.99 Å². The Balaban J connectivity index is 2.16. The third kappa shape index (κ3) is 3.41. The number of allylic oxidation sites excluding steroid dienone is 1. The molecule has 26 heavy (non-hydrogen) atoms. The molecule has 5 nitrogen and oxygen atoms in total. The lowest BCUT2D eigenvalue weighted by atomic mass is 10.2. The third-order valence-corrected chi connectivity index (χ3v) is 5.03. The second-order valence-corrected chi connectivity index (χ2v) is 6.75. The molecule has 1 amide bonds. The van der Waals surface area contributed by atoms with E-state index in [1.807, 2.05) is 23.6 Å². The summed E-state index contributed by atoms with van der Waals surface area (Å²) < 4.78 is 13.6. The van der Waals surface area contributed by atoms with Crippen LogP contribution in [0.3, 0.4) is 0 Å². The molecule has 3 aromatic rings. The Labute approximate surface area is 155 Å². The summed E-state index contributed by atoms with van der Waals surface area (Å²) in [7, 11) is 3.08. The molecule has 134 valence electrons.